The first-order valence-corrected chi connectivity index (χ1v) is 12.1. The van der Waals surface area contributed by atoms with E-state index in [2.05, 4.69) is 47.0 Å². The fourth-order valence-electron chi connectivity index (χ4n) is 4.98. The quantitative estimate of drug-likeness (QED) is 0.441. The second kappa shape index (κ2) is 9.90. The number of fused-ring (bicyclic) bond motifs is 3. The molecule has 2 atom stereocenters. The van der Waals surface area contributed by atoms with Crippen LogP contribution in [0.2, 0.25) is 0 Å². The zero-order valence-electron chi connectivity index (χ0n) is 18.9. The van der Waals surface area contributed by atoms with E-state index in [1.165, 1.54) is 35.1 Å². The summed E-state index contributed by atoms with van der Waals surface area (Å²) in [6.45, 7) is 1.43. The molecule has 1 amide bonds. The van der Waals surface area contributed by atoms with Gasteiger partial charge in [0.25, 0.3) is 0 Å². The first-order chi connectivity index (χ1) is 16.2. The highest BCUT2D eigenvalue weighted by Gasteiger charge is 2.31. The lowest BCUT2D eigenvalue weighted by Crippen LogP contribution is -2.49. The highest BCUT2D eigenvalue weighted by Crippen LogP contribution is 2.46. The van der Waals surface area contributed by atoms with Gasteiger partial charge in [0.05, 0.1) is 12.1 Å². The van der Waals surface area contributed by atoms with Crippen molar-refractivity contribution in [1.82, 2.24) is 10.6 Å². The molecule has 0 bridgehead atoms. The third-order valence-electron chi connectivity index (χ3n) is 6.94. The van der Waals surface area contributed by atoms with Crippen molar-refractivity contribution >= 4 is 5.91 Å². The lowest BCUT2D eigenvalue weighted by molar-refractivity contribution is -0.122. The largest absolute Gasteiger partial charge is 0.390 e. The molecule has 4 heteroatoms. The van der Waals surface area contributed by atoms with Crippen LogP contribution in [0.15, 0.2) is 78.9 Å². The van der Waals surface area contributed by atoms with Gasteiger partial charge in [-0.05, 0) is 59.5 Å². The summed E-state index contributed by atoms with van der Waals surface area (Å²) < 4.78 is 0. The molecule has 1 saturated carbocycles. The molecule has 2 aliphatic carbocycles. The maximum atomic E-state index is 13.3. The third-order valence-corrected chi connectivity index (χ3v) is 6.94. The summed E-state index contributed by atoms with van der Waals surface area (Å²) in [4.78, 5) is 13.3. The number of carbonyl (C=O) groups excluding carboxylic acids is 1. The number of benzene rings is 3. The van der Waals surface area contributed by atoms with Gasteiger partial charge in [0.15, 0.2) is 0 Å². The number of carbonyl (C=O) groups is 1. The summed E-state index contributed by atoms with van der Waals surface area (Å²) in [5.74, 6) is 0.774. The van der Waals surface area contributed by atoms with Gasteiger partial charge in [-0.1, -0.05) is 78.9 Å². The van der Waals surface area contributed by atoms with E-state index in [0.29, 0.717) is 19.4 Å². The summed E-state index contributed by atoms with van der Waals surface area (Å²) in [7, 11) is 0. The van der Waals surface area contributed by atoms with Crippen LogP contribution in [0.5, 0.6) is 0 Å². The first-order valence-electron chi connectivity index (χ1n) is 12.1. The van der Waals surface area contributed by atoms with Crippen LogP contribution in [0.25, 0.3) is 11.1 Å². The molecule has 0 aliphatic heterocycles. The Balaban J connectivity index is 1.29. The Morgan fingerprint density at radius 3 is 2.12 bits per heavy atom. The molecule has 0 spiro atoms. The van der Waals surface area contributed by atoms with E-state index in [4.69, 9.17) is 0 Å². The van der Waals surface area contributed by atoms with E-state index >= 15 is 0 Å². The van der Waals surface area contributed by atoms with Gasteiger partial charge in [0.1, 0.15) is 0 Å². The van der Waals surface area contributed by atoms with Gasteiger partial charge < -0.3 is 15.7 Å². The molecule has 4 nitrogen and oxygen atoms in total. The smallest absolute Gasteiger partial charge is 0.221 e. The van der Waals surface area contributed by atoms with Gasteiger partial charge >= 0.3 is 0 Å². The van der Waals surface area contributed by atoms with Crippen molar-refractivity contribution in [2.75, 3.05) is 13.1 Å². The Hall–Kier alpha value is -2.95. The number of aliphatic hydroxyl groups is 1. The van der Waals surface area contributed by atoms with Crippen LogP contribution < -0.4 is 10.6 Å². The minimum absolute atomic E-state index is 0.0197. The number of aliphatic hydroxyl groups excluding tert-OH is 1. The van der Waals surface area contributed by atoms with Crippen molar-refractivity contribution in [3.63, 3.8) is 0 Å². The van der Waals surface area contributed by atoms with E-state index in [1.807, 2.05) is 42.5 Å². The predicted octanol–water partition coefficient (Wildman–Crippen LogP) is 4.28. The summed E-state index contributed by atoms with van der Waals surface area (Å²) in [5, 5.41) is 17.5. The molecule has 0 aromatic heterocycles. The standard InChI is InChI=1S/C29H32N2O2/c32-28(19-30-18-21-14-15-21)27(16-20-8-2-1-3-9-20)31-29(33)17-26-24-12-6-4-10-22(24)23-11-5-7-13-25(23)26/h1-13,21,26-28,30,32H,14-19H2,(H,31,33)/t27-,28+/m0/s1. The molecule has 2 aliphatic rings. The summed E-state index contributed by atoms with van der Waals surface area (Å²) in [6, 6.07) is 26.5. The molecule has 0 heterocycles. The topological polar surface area (TPSA) is 61.4 Å². The summed E-state index contributed by atoms with van der Waals surface area (Å²) >= 11 is 0. The van der Waals surface area contributed by atoms with Crippen LogP contribution in [0, 0.1) is 5.92 Å². The number of hydrogen-bond donors (Lipinski definition) is 3. The predicted molar refractivity (Wildman–Crippen MR) is 132 cm³/mol. The van der Waals surface area contributed by atoms with Gasteiger partial charge in [0.2, 0.25) is 5.91 Å². The minimum atomic E-state index is -0.643. The zero-order valence-corrected chi connectivity index (χ0v) is 18.9. The van der Waals surface area contributed by atoms with Crippen LogP contribution in [-0.2, 0) is 11.2 Å². The summed E-state index contributed by atoms with van der Waals surface area (Å²) in [5.41, 5.74) is 5.97. The molecule has 0 saturated heterocycles. The van der Waals surface area contributed by atoms with Crippen molar-refractivity contribution in [3.05, 3.63) is 95.6 Å². The molecule has 1 fully saturated rings. The first kappa shape index (κ1) is 21.9. The third kappa shape index (κ3) is 5.18. The maximum Gasteiger partial charge on any atom is 0.221 e. The summed E-state index contributed by atoms with van der Waals surface area (Å²) in [6.07, 6.45) is 2.89. The molecule has 3 aromatic carbocycles. The molecule has 3 aromatic rings. The Kier molecular flexibility index (Phi) is 6.56. The highest BCUT2D eigenvalue weighted by atomic mass is 16.3. The lowest BCUT2D eigenvalue weighted by Gasteiger charge is -2.26. The number of rotatable bonds is 10. The van der Waals surface area contributed by atoms with Crippen LogP contribution in [0.3, 0.4) is 0 Å². The molecular weight excluding hydrogens is 408 g/mol. The maximum absolute atomic E-state index is 13.3. The molecule has 33 heavy (non-hydrogen) atoms. The van der Waals surface area contributed by atoms with E-state index in [1.54, 1.807) is 0 Å². The van der Waals surface area contributed by atoms with Crippen LogP contribution in [0.1, 0.15) is 41.9 Å². The Bertz CT molecular complexity index is 1050. The molecule has 0 unspecified atom stereocenters. The van der Waals surface area contributed by atoms with Gasteiger partial charge in [-0.2, -0.15) is 0 Å². The van der Waals surface area contributed by atoms with E-state index in [0.717, 1.165) is 18.0 Å². The normalized spacial score (nSPS) is 16.6. The van der Waals surface area contributed by atoms with Gasteiger partial charge in [-0.15, -0.1) is 0 Å². The average Bonchev–Trinajstić information content (AvgIpc) is 3.62. The van der Waals surface area contributed by atoms with Crippen molar-refractivity contribution in [2.24, 2.45) is 5.92 Å². The van der Waals surface area contributed by atoms with Crippen LogP contribution in [0.4, 0.5) is 0 Å². The molecule has 3 N–H and O–H groups in total. The van der Waals surface area contributed by atoms with Gasteiger partial charge in [0, 0.05) is 18.9 Å². The number of amides is 1. The van der Waals surface area contributed by atoms with Crippen molar-refractivity contribution < 1.29 is 9.90 Å². The van der Waals surface area contributed by atoms with E-state index in [9.17, 15) is 9.90 Å². The molecule has 170 valence electrons. The van der Waals surface area contributed by atoms with Crippen LogP contribution in [-0.4, -0.2) is 36.2 Å². The molecule has 0 radical (unpaired) electrons. The van der Waals surface area contributed by atoms with E-state index < -0.39 is 6.10 Å². The van der Waals surface area contributed by atoms with Crippen LogP contribution >= 0.6 is 0 Å². The second-order valence-electron chi connectivity index (χ2n) is 9.46. The zero-order chi connectivity index (χ0) is 22.6. The highest BCUT2D eigenvalue weighted by molar-refractivity contribution is 5.84. The monoisotopic (exact) mass is 440 g/mol. The average molecular weight is 441 g/mol. The van der Waals surface area contributed by atoms with E-state index in [-0.39, 0.29) is 17.9 Å². The Morgan fingerprint density at radius 2 is 1.48 bits per heavy atom. The van der Waals surface area contributed by atoms with Crippen molar-refractivity contribution in [1.29, 1.82) is 0 Å². The Labute approximate surface area is 196 Å². The fraction of sp³-hybridized carbons (Fsp3) is 0.345. The molecule has 5 rings (SSSR count). The molecular formula is C29H32N2O2. The Morgan fingerprint density at radius 1 is 0.879 bits per heavy atom. The van der Waals surface area contributed by atoms with Gasteiger partial charge in [-0.3, -0.25) is 4.79 Å². The fourth-order valence-corrected chi connectivity index (χ4v) is 4.98. The second-order valence-corrected chi connectivity index (χ2v) is 9.46. The minimum Gasteiger partial charge on any atom is -0.390 e. The van der Waals surface area contributed by atoms with Gasteiger partial charge in [-0.25, -0.2) is 0 Å². The number of nitrogens with one attached hydrogen (secondary N) is 2. The SMILES string of the molecule is O=C(CC1c2ccccc2-c2ccccc21)N[C@@H](Cc1ccccc1)[C@H](O)CNCC1CC1. The van der Waals surface area contributed by atoms with Crippen molar-refractivity contribution in [3.8, 4) is 11.1 Å². The number of hydrogen-bond acceptors (Lipinski definition) is 3. The lowest BCUT2D eigenvalue weighted by atomic mass is 9.92. The van der Waals surface area contributed by atoms with Crippen molar-refractivity contribution in [2.45, 2.75) is 43.7 Å².